The topological polar surface area (TPSA) is 64.1 Å². The van der Waals surface area contributed by atoms with Crippen molar-refractivity contribution < 1.29 is 4.85 Å². The van der Waals surface area contributed by atoms with Gasteiger partial charge in [0.15, 0.2) is 0 Å². The third kappa shape index (κ3) is 2.34. The molecule has 0 N–H and O–H groups in total. The van der Waals surface area contributed by atoms with E-state index in [0.717, 1.165) is 30.1 Å². The van der Waals surface area contributed by atoms with Gasteiger partial charge in [-0.3, -0.25) is 9.80 Å². The van der Waals surface area contributed by atoms with Crippen molar-refractivity contribution in [2.24, 2.45) is 0 Å². The maximum atomic E-state index is 11.9. The number of pyridine rings is 1. The van der Waals surface area contributed by atoms with Gasteiger partial charge in [-0.1, -0.05) is 0 Å². The molecule has 20 heavy (non-hydrogen) atoms. The highest BCUT2D eigenvalue weighted by Gasteiger charge is 2.31. The summed E-state index contributed by atoms with van der Waals surface area (Å²) in [4.78, 5) is 9.14. The number of hydrogen-bond donors (Lipinski definition) is 0. The minimum atomic E-state index is -0.0576. The monoisotopic (exact) mass is 294 g/mol. The Bertz CT molecular complexity index is 595. The van der Waals surface area contributed by atoms with E-state index in [1.54, 1.807) is 10.9 Å². The van der Waals surface area contributed by atoms with E-state index in [4.69, 9.17) is 0 Å². The lowest BCUT2D eigenvalue weighted by molar-refractivity contribution is -0.649. The van der Waals surface area contributed by atoms with Crippen LogP contribution in [0.2, 0.25) is 0 Å². The molecule has 2 aromatic heterocycles. The third-order valence-electron chi connectivity index (χ3n) is 3.42. The molecule has 3 rings (SSSR count). The van der Waals surface area contributed by atoms with Gasteiger partial charge >= 0.3 is 5.65 Å². The Morgan fingerprint density at radius 1 is 1.40 bits per heavy atom. The van der Waals surface area contributed by atoms with Crippen LogP contribution in [0.4, 0.5) is 0 Å². The Morgan fingerprint density at radius 3 is 2.85 bits per heavy atom. The van der Waals surface area contributed by atoms with Gasteiger partial charge in [-0.15, -0.1) is 14.5 Å². The highest BCUT2D eigenvalue weighted by atomic mass is 32.2. The zero-order chi connectivity index (χ0) is 14.1. The van der Waals surface area contributed by atoms with Gasteiger partial charge in [-0.25, -0.2) is 0 Å². The molecular formula is C12H18N6OS. The summed E-state index contributed by atoms with van der Waals surface area (Å²) in [5.74, 6) is 2.22. The quantitative estimate of drug-likeness (QED) is 0.592. The molecular weight excluding hydrogens is 276 g/mol. The van der Waals surface area contributed by atoms with Gasteiger partial charge in [0.25, 0.3) is 0 Å². The second kappa shape index (κ2) is 5.55. The predicted octanol–water partition coefficient (Wildman–Crippen LogP) is 0.131. The van der Waals surface area contributed by atoms with Gasteiger partial charge in [0, 0.05) is 29.8 Å². The molecule has 0 radical (unpaired) electrons. The van der Waals surface area contributed by atoms with E-state index in [1.165, 1.54) is 0 Å². The fraction of sp³-hybridized carbons (Fsp3) is 0.583. The van der Waals surface area contributed by atoms with Crippen molar-refractivity contribution in [2.45, 2.75) is 6.29 Å². The van der Waals surface area contributed by atoms with Crippen LogP contribution in [0.25, 0.3) is 11.2 Å². The highest BCUT2D eigenvalue weighted by Crippen LogP contribution is 2.22. The van der Waals surface area contributed by atoms with Crippen LogP contribution in [0.3, 0.4) is 0 Å². The summed E-state index contributed by atoms with van der Waals surface area (Å²) >= 11 is 1.96. The number of thioether (sulfide) groups is 1. The molecule has 0 spiro atoms. The Hall–Kier alpha value is -1.38. The number of rotatable bonds is 3. The molecule has 1 aliphatic heterocycles. The summed E-state index contributed by atoms with van der Waals surface area (Å²) in [6, 6.07) is 3.72. The van der Waals surface area contributed by atoms with Crippen LogP contribution in [0.1, 0.15) is 6.29 Å². The third-order valence-corrected chi connectivity index (χ3v) is 4.37. The van der Waals surface area contributed by atoms with E-state index in [1.807, 2.05) is 38.0 Å². The average molecular weight is 294 g/mol. The molecule has 0 aromatic carbocycles. The number of aromatic nitrogens is 4. The fourth-order valence-corrected chi connectivity index (χ4v) is 3.50. The molecule has 0 saturated carbocycles. The van der Waals surface area contributed by atoms with Crippen LogP contribution in [-0.4, -0.2) is 63.4 Å². The van der Waals surface area contributed by atoms with Crippen molar-refractivity contribution in [3.05, 3.63) is 23.5 Å². The Morgan fingerprint density at radius 2 is 2.15 bits per heavy atom. The first-order valence-electron chi connectivity index (χ1n) is 6.60. The molecule has 2 aromatic rings. The summed E-state index contributed by atoms with van der Waals surface area (Å²) in [6.45, 7) is 1.99. The molecule has 1 unspecified atom stereocenters. The van der Waals surface area contributed by atoms with Crippen LogP contribution >= 0.6 is 11.8 Å². The SMILES string of the molecule is CN(C)C(N1CCSCC1)n1n[n+]([O-])c2ncccc21. The summed E-state index contributed by atoms with van der Waals surface area (Å²) in [5, 5.41) is 16.0. The van der Waals surface area contributed by atoms with E-state index in [0.29, 0.717) is 10.5 Å². The van der Waals surface area contributed by atoms with Crippen LogP contribution < -0.4 is 4.85 Å². The maximum absolute atomic E-state index is 11.9. The first-order chi connectivity index (χ1) is 9.68. The molecule has 1 aliphatic rings. The fourth-order valence-electron chi connectivity index (χ4n) is 2.57. The summed E-state index contributed by atoms with van der Waals surface area (Å²) in [6.07, 6.45) is 1.56. The van der Waals surface area contributed by atoms with Crippen LogP contribution in [-0.2, 0) is 0 Å². The highest BCUT2D eigenvalue weighted by molar-refractivity contribution is 7.99. The lowest BCUT2D eigenvalue weighted by Gasteiger charge is -2.35. The first-order valence-corrected chi connectivity index (χ1v) is 7.75. The van der Waals surface area contributed by atoms with Crippen molar-refractivity contribution in [2.75, 3.05) is 38.7 Å². The van der Waals surface area contributed by atoms with Gasteiger partial charge in [-0.2, -0.15) is 11.8 Å². The van der Waals surface area contributed by atoms with Crippen molar-refractivity contribution in [3.8, 4) is 0 Å². The van der Waals surface area contributed by atoms with E-state index in [2.05, 4.69) is 20.0 Å². The summed E-state index contributed by atoms with van der Waals surface area (Å²) in [5.41, 5.74) is 1.13. The zero-order valence-corrected chi connectivity index (χ0v) is 12.5. The van der Waals surface area contributed by atoms with Gasteiger partial charge in [-0.05, 0) is 26.2 Å². The van der Waals surface area contributed by atoms with E-state index in [9.17, 15) is 5.21 Å². The largest absolute Gasteiger partial charge is 0.721 e. The van der Waals surface area contributed by atoms with Gasteiger partial charge in [0.2, 0.25) is 11.8 Å². The predicted molar refractivity (Wildman–Crippen MR) is 78.1 cm³/mol. The molecule has 1 fully saturated rings. The van der Waals surface area contributed by atoms with Crippen molar-refractivity contribution >= 4 is 22.9 Å². The minimum Gasteiger partial charge on any atom is -0.721 e. The molecule has 3 heterocycles. The molecule has 8 heteroatoms. The normalized spacial score (nSPS) is 18.8. The van der Waals surface area contributed by atoms with Gasteiger partial charge in [0.1, 0.15) is 6.20 Å². The van der Waals surface area contributed by atoms with Crippen molar-refractivity contribution in [1.29, 1.82) is 0 Å². The molecule has 1 atom stereocenters. The minimum absolute atomic E-state index is 0.0576. The van der Waals surface area contributed by atoms with Crippen LogP contribution in [0.5, 0.6) is 0 Å². The molecule has 108 valence electrons. The maximum Gasteiger partial charge on any atom is 0.324 e. The Labute approximate surface area is 121 Å². The van der Waals surface area contributed by atoms with Crippen molar-refractivity contribution in [1.82, 2.24) is 24.7 Å². The van der Waals surface area contributed by atoms with Crippen molar-refractivity contribution in [3.63, 3.8) is 0 Å². The zero-order valence-electron chi connectivity index (χ0n) is 11.6. The van der Waals surface area contributed by atoms with Gasteiger partial charge < -0.3 is 5.21 Å². The molecule has 0 bridgehead atoms. The number of hydrogen-bond acceptors (Lipinski definition) is 6. The van der Waals surface area contributed by atoms with Gasteiger partial charge in [0.05, 0.1) is 0 Å². The van der Waals surface area contributed by atoms with Crippen LogP contribution in [0.15, 0.2) is 18.3 Å². The Kier molecular flexibility index (Phi) is 3.77. The standard InChI is InChI=1S/C12H18N6OS/c1-15(2)12(16-6-8-20-9-7-16)17-10-4-3-5-13-11(10)18(19)14-17/h3-5,12H,6-9H2,1-2H3. The molecule has 7 nitrogen and oxygen atoms in total. The second-order valence-corrected chi connectivity index (χ2v) is 6.24. The van der Waals surface area contributed by atoms with Crippen LogP contribution in [0, 0.1) is 5.21 Å². The Balaban J connectivity index is 2.05. The molecule has 0 amide bonds. The molecule has 0 aliphatic carbocycles. The summed E-state index contributed by atoms with van der Waals surface area (Å²) < 4.78 is 1.77. The van der Waals surface area contributed by atoms with E-state index >= 15 is 0 Å². The van der Waals surface area contributed by atoms with E-state index in [-0.39, 0.29) is 6.29 Å². The number of fused-ring (bicyclic) bond motifs is 1. The lowest BCUT2D eigenvalue weighted by atomic mass is 10.4. The molecule has 1 saturated heterocycles. The summed E-state index contributed by atoms with van der Waals surface area (Å²) in [7, 11) is 4.01. The second-order valence-electron chi connectivity index (χ2n) is 5.01. The average Bonchev–Trinajstić information content (AvgIpc) is 2.78. The smallest absolute Gasteiger partial charge is 0.324 e. The lowest BCUT2D eigenvalue weighted by Crippen LogP contribution is -2.46. The number of nitrogens with zero attached hydrogens (tertiary/aromatic N) is 6. The first kappa shape index (κ1) is 13.6. The van der Waals surface area contributed by atoms with E-state index < -0.39 is 0 Å².